The van der Waals surface area contributed by atoms with Gasteiger partial charge in [-0.3, -0.25) is 4.90 Å². The molecule has 3 rings (SSSR count). The molecule has 0 spiro atoms. The fraction of sp³-hybridized carbons (Fsp3) is 1.00. The van der Waals surface area contributed by atoms with E-state index in [0.717, 1.165) is 11.8 Å². The number of piperidine rings is 1. The Morgan fingerprint density at radius 1 is 0.897 bits per heavy atom. The summed E-state index contributed by atoms with van der Waals surface area (Å²) in [5.41, 5.74) is 0. The van der Waals surface area contributed by atoms with Crippen molar-refractivity contribution in [3.05, 3.63) is 0 Å². The number of hydrogen-bond acceptors (Lipinski definition) is 3. The summed E-state index contributed by atoms with van der Waals surface area (Å²) in [7, 11) is 0. The van der Waals surface area contributed by atoms with Crippen molar-refractivity contribution in [2.45, 2.75) is 116 Å². The predicted molar refractivity (Wildman–Crippen MR) is 125 cm³/mol. The van der Waals surface area contributed by atoms with Gasteiger partial charge in [-0.25, -0.2) is 0 Å². The van der Waals surface area contributed by atoms with E-state index in [-0.39, 0.29) is 0 Å². The van der Waals surface area contributed by atoms with E-state index in [1.807, 2.05) is 0 Å². The Hall–Kier alpha value is -0.120. The zero-order chi connectivity index (χ0) is 20.3. The molecule has 2 heterocycles. The van der Waals surface area contributed by atoms with E-state index in [1.165, 1.54) is 129 Å². The fourth-order valence-electron chi connectivity index (χ4n) is 6.11. The molecule has 2 saturated heterocycles. The lowest BCUT2D eigenvalue weighted by Gasteiger charge is -2.32. The number of likely N-dealkylation sites (tertiary alicyclic amines) is 1. The normalized spacial score (nSPS) is 29.3. The van der Waals surface area contributed by atoms with Gasteiger partial charge in [-0.1, -0.05) is 64.7 Å². The maximum Gasteiger partial charge on any atom is 0.0734 e. The second-order valence-corrected chi connectivity index (χ2v) is 10.5. The van der Waals surface area contributed by atoms with Crippen molar-refractivity contribution in [3.8, 4) is 0 Å². The summed E-state index contributed by atoms with van der Waals surface area (Å²) < 4.78 is 6.50. The van der Waals surface area contributed by atoms with Crippen molar-refractivity contribution in [1.82, 2.24) is 9.80 Å². The molecule has 1 saturated carbocycles. The van der Waals surface area contributed by atoms with Gasteiger partial charge >= 0.3 is 0 Å². The zero-order valence-corrected chi connectivity index (χ0v) is 19.8. The second-order valence-electron chi connectivity index (χ2n) is 10.5. The maximum atomic E-state index is 6.50. The molecule has 0 aromatic rings. The summed E-state index contributed by atoms with van der Waals surface area (Å²) in [6.45, 7) is 12.3. The summed E-state index contributed by atoms with van der Waals surface area (Å²) in [6, 6.07) is 0. The van der Waals surface area contributed by atoms with Gasteiger partial charge in [0.2, 0.25) is 0 Å². The number of ether oxygens (including phenoxy) is 1. The Morgan fingerprint density at radius 3 is 2.41 bits per heavy atom. The van der Waals surface area contributed by atoms with Crippen LogP contribution in [0.1, 0.15) is 104 Å². The van der Waals surface area contributed by atoms with Gasteiger partial charge in [0.15, 0.2) is 0 Å². The molecular weight excluding hydrogens is 356 g/mol. The quantitative estimate of drug-likeness (QED) is 0.343. The lowest BCUT2D eigenvalue weighted by molar-refractivity contribution is 0.0134. The molecule has 1 aliphatic carbocycles. The summed E-state index contributed by atoms with van der Waals surface area (Å²) in [4.78, 5) is 5.49. The molecule has 0 unspecified atom stereocenters. The molecular formula is C26H50N2O. The molecule has 3 atom stereocenters. The standard InChI is InChI=1S/C26H50N2O/c1-3-4-5-6-10-17-28(19-18-27-15-11-7-12-16-27)22-26-25(20-23(2)29-26)21-24-13-8-9-14-24/h23-26H,3-22H2,1-2H3/t23-,25-,26-/m1/s1. The van der Waals surface area contributed by atoms with Crippen LogP contribution in [0.4, 0.5) is 0 Å². The van der Waals surface area contributed by atoms with Gasteiger partial charge in [0.05, 0.1) is 12.2 Å². The van der Waals surface area contributed by atoms with Crippen molar-refractivity contribution < 1.29 is 4.74 Å². The average molecular weight is 407 g/mol. The zero-order valence-electron chi connectivity index (χ0n) is 19.8. The summed E-state index contributed by atoms with van der Waals surface area (Å²) in [6.07, 6.45) is 20.8. The third kappa shape index (κ3) is 8.50. The van der Waals surface area contributed by atoms with Gasteiger partial charge in [-0.15, -0.1) is 0 Å². The predicted octanol–water partition coefficient (Wildman–Crippen LogP) is 6.12. The van der Waals surface area contributed by atoms with Gasteiger partial charge in [0, 0.05) is 19.6 Å². The number of nitrogens with zero attached hydrogens (tertiary/aromatic N) is 2. The van der Waals surface area contributed by atoms with E-state index in [1.54, 1.807) is 0 Å². The van der Waals surface area contributed by atoms with E-state index in [4.69, 9.17) is 4.74 Å². The Labute approximate surface area is 181 Å². The van der Waals surface area contributed by atoms with E-state index >= 15 is 0 Å². The first-order valence-corrected chi connectivity index (χ1v) is 13.3. The summed E-state index contributed by atoms with van der Waals surface area (Å²) in [5.74, 6) is 1.80. The largest absolute Gasteiger partial charge is 0.374 e. The van der Waals surface area contributed by atoms with Crippen molar-refractivity contribution >= 4 is 0 Å². The first-order valence-electron chi connectivity index (χ1n) is 13.3. The van der Waals surface area contributed by atoms with Crippen molar-refractivity contribution in [2.75, 3.05) is 39.3 Å². The first kappa shape index (κ1) is 23.5. The molecule has 0 aromatic heterocycles. The molecule has 2 aliphatic heterocycles. The van der Waals surface area contributed by atoms with Crippen LogP contribution in [-0.2, 0) is 4.74 Å². The molecule has 0 radical (unpaired) electrons. The average Bonchev–Trinajstić information content (AvgIpc) is 3.36. The van der Waals surface area contributed by atoms with Gasteiger partial charge in [0.1, 0.15) is 0 Å². The van der Waals surface area contributed by atoms with Gasteiger partial charge in [-0.05, 0) is 70.5 Å². The number of unbranched alkanes of at least 4 members (excludes halogenated alkanes) is 4. The van der Waals surface area contributed by atoms with E-state index in [2.05, 4.69) is 23.6 Å². The minimum atomic E-state index is 0.472. The van der Waals surface area contributed by atoms with Crippen LogP contribution in [0.3, 0.4) is 0 Å². The highest BCUT2D eigenvalue weighted by Gasteiger charge is 2.35. The summed E-state index contributed by atoms with van der Waals surface area (Å²) >= 11 is 0. The molecule has 0 bridgehead atoms. The van der Waals surface area contributed by atoms with Gasteiger partial charge in [0.25, 0.3) is 0 Å². The van der Waals surface area contributed by atoms with Crippen LogP contribution in [0.5, 0.6) is 0 Å². The highest BCUT2D eigenvalue weighted by molar-refractivity contribution is 4.86. The second kappa shape index (κ2) is 13.3. The van der Waals surface area contributed by atoms with Crippen LogP contribution in [0.15, 0.2) is 0 Å². The van der Waals surface area contributed by atoms with Crippen LogP contribution in [-0.4, -0.2) is 61.3 Å². The van der Waals surface area contributed by atoms with Gasteiger partial charge in [-0.2, -0.15) is 0 Å². The summed E-state index contributed by atoms with van der Waals surface area (Å²) in [5, 5.41) is 0. The van der Waals surface area contributed by atoms with E-state index < -0.39 is 0 Å². The minimum absolute atomic E-state index is 0.472. The highest BCUT2D eigenvalue weighted by Crippen LogP contribution is 2.37. The monoisotopic (exact) mass is 406 g/mol. The van der Waals surface area contributed by atoms with Crippen LogP contribution in [0.25, 0.3) is 0 Å². The fourth-order valence-corrected chi connectivity index (χ4v) is 6.11. The molecule has 3 heteroatoms. The van der Waals surface area contributed by atoms with Gasteiger partial charge < -0.3 is 9.64 Å². The van der Waals surface area contributed by atoms with Crippen LogP contribution in [0.2, 0.25) is 0 Å². The minimum Gasteiger partial charge on any atom is -0.374 e. The topological polar surface area (TPSA) is 15.7 Å². The third-order valence-corrected chi connectivity index (χ3v) is 7.88. The van der Waals surface area contributed by atoms with Crippen molar-refractivity contribution in [3.63, 3.8) is 0 Å². The molecule has 0 amide bonds. The SMILES string of the molecule is CCCCCCCN(CCN1CCCCC1)C[C@H]1O[C@H](C)C[C@@H]1CC1CCCC1. The molecule has 0 N–H and O–H groups in total. The number of hydrogen-bond donors (Lipinski definition) is 0. The molecule has 3 fully saturated rings. The highest BCUT2D eigenvalue weighted by atomic mass is 16.5. The van der Waals surface area contributed by atoms with Crippen molar-refractivity contribution in [2.24, 2.45) is 11.8 Å². The Kier molecular flexibility index (Phi) is 10.8. The third-order valence-electron chi connectivity index (χ3n) is 7.88. The molecule has 170 valence electrons. The Morgan fingerprint density at radius 2 is 1.66 bits per heavy atom. The maximum absolute atomic E-state index is 6.50. The molecule has 3 aliphatic rings. The molecule has 29 heavy (non-hydrogen) atoms. The van der Waals surface area contributed by atoms with Crippen LogP contribution >= 0.6 is 0 Å². The van der Waals surface area contributed by atoms with E-state index in [9.17, 15) is 0 Å². The van der Waals surface area contributed by atoms with Crippen LogP contribution in [0, 0.1) is 11.8 Å². The molecule has 0 aromatic carbocycles. The lowest BCUT2D eigenvalue weighted by Crippen LogP contribution is -2.42. The first-order chi connectivity index (χ1) is 14.2. The smallest absolute Gasteiger partial charge is 0.0734 e. The Bertz CT molecular complexity index is 417. The Balaban J connectivity index is 1.48. The van der Waals surface area contributed by atoms with Crippen molar-refractivity contribution in [1.29, 1.82) is 0 Å². The lowest BCUT2D eigenvalue weighted by atomic mass is 9.87. The number of rotatable bonds is 13. The van der Waals surface area contributed by atoms with Crippen LogP contribution < -0.4 is 0 Å². The van der Waals surface area contributed by atoms with E-state index in [0.29, 0.717) is 12.2 Å². The molecule has 3 nitrogen and oxygen atoms in total.